The molecule has 0 fully saturated rings. The number of aromatic nitrogens is 1. The lowest BCUT2D eigenvalue weighted by atomic mass is 10.2. The summed E-state index contributed by atoms with van der Waals surface area (Å²) in [5, 5.41) is 0. The van der Waals surface area contributed by atoms with Crippen LogP contribution in [-0.2, 0) is 6.42 Å². The van der Waals surface area contributed by atoms with Gasteiger partial charge in [0.15, 0.2) is 0 Å². The highest BCUT2D eigenvalue weighted by atomic mass is 16.5. The maximum atomic E-state index is 5.72. The molecule has 1 aromatic rings. The summed E-state index contributed by atoms with van der Waals surface area (Å²) < 4.78 is 5.63. The van der Waals surface area contributed by atoms with Gasteiger partial charge < -0.3 is 10.5 Å². The Labute approximate surface area is 110 Å². The van der Waals surface area contributed by atoms with Crippen LogP contribution in [0.1, 0.15) is 38.3 Å². The van der Waals surface area contributed by atoms with E-state index in [-0.39, 0.29) is 6.04 Å². The van der Waals surface area contributed by atoms with Crippen molar-refractivity contribution in [2.45, 2.75) is 45.1 Å². The fourth-order valence-electron chi connectivity index (χ4n) is 1.70. The molecule has 1 unspecified atom stereocenters. The van der Waals surface area contributed by atoms with Crippen molar-refractivity contribution in [2.24, 2.45) is 5.73 Å². The first-order chi connectivity index (χ1) is 8.72. The number of pyridine rings is 1. The van der Waals surface area contributed by atoms with Crippen LogP contribution in [0, 0.1) is 0 Å². The molecule has 1 aromatic heterocycles. The van der Waals surface area contributed by atoms with Gasteiger partial charge in [0, 0.05) is 18.2 Å². The maximum Gasteiger partial charge on any atom is 0.137 e. The van der Waals surface area contributed by atoms with Crippen LogP contribution in [0.15, 0.2) is 31.0 Å². The monoisotopic (exact) mass is 248 g/mol. The van der Waals surface area contributed by atoms with Gasteiger partial charge in [-0.1, -0.05) is 6.08 Å². The molecule has 3 heteroatoms. The van der Waals surface area contributed by atoms with Gasteiger partial charge in [0.2, 0.25) is 0 Å². The van der Waals surface area contributed by atoms with E-state index in [9.17, 15) is 0 Å². The summed E-state index contributed by atoms with van der Waals surface area (Å²) in [5.74, 6) is 0.840. The molecule has 1 rings (SSSR count). The summed E-state index contributed by atoms with van der Waals surface area (Å²) in [5.41, 5.74) is 6.74. The number of nitrogens with zero attached hydrogens (tertiary/aromatic N) is 1. The minimum Gasteiger partial charge on any atom is -0.492 e. The number of hydrogen-bond acceptors (Lipinski definition) is 3. The van der Waals surface area contributed by atoms with E-state index in [1.165, 1.54) is 12.8 Å². The van der Waals surface area contributed by atoms with Crippen molar-refractivity contribution in [2.75, 3.05) is 6.61 Å². The number of unbranched alkanes of at least 4 members (excludes halogenated alkanes) is 3. The highest BCUT2D eigenvalue weighted by Gasteiger charge is 2.00. The van der Waals surface area contributed by atoms with E-state index < -0.39 is 0 Å². The van der Waals surface area contributed by atoms with Crippen LogP contribution in [0.3, 0.4) is 0 Å². The molecular formula is C15H24N2O. The number of ether oxygens (including phenoxy) is 1. The largest absolute Gasteiger partial charge is 0.492 e. The topological polar surface area (TPSA) is 48.1 Å². The third-order valence-corrected chi connectivity index (χ3v) is 2.65. The first kappa shape index (κ1) is 14.7. The van der Waals surface area contributed by atoms with E-state index in [1.807, 2.05) is 25.1 Å². The van der Waals surface area contributed by atoms with Crippen LogP contribution in [0.2, 0.25) is 0 Å². The molecule has 0 saturated carbocycles. The lowest BCUT2D eigenvalue weighted by Crippen LogP contribution is -2.18. The van der Waals surface area contributed by atoms with Gasteiger partial charge >= 0.3 is 0 Å². The van der Waals surface area contributed by atoms with Crippen molar-refractivity contribution < 1.29 is 4.74 Å². The van der Waals surface area contributed by atoms with Crippen molar-refractivity contribution in [3.05, 3.63) is 36.7 Å². The minimum atomic E-state index is 0.147. The van der Waals surface area contributed by atoms with Crippen LogP contribution in [0.5, 0.6) is 5.75 Å². The summed E-state index contributed by atoms with van der Waals surface area (Å²) in [6.07, 6.45) is 9.09. The highest BCUT2D eigenvalue weighted by Crippen LogP contribution is 2.11. The lowest BCUT2D eigenvalue weighted by molar-refractivity contribution is 0.304. The molecule has 3 nitrogen and oxygen atoms in total. The average Bonchev–Trinajstić information content (AvgIpc) is 2.35. The van der Waals surface area contributed by atoms with Crippen molar-refractivity contribution in [3.8, 4) is 5.75 Å². The number of allylic oxidation sites excluding steroid dienone is 1. The number of rotatable bonds is 9. The molecule has 0 bridgehead atoms. The molecule has 0 radical (unpaired) electrons. The Morgan fingerprint density at radius 1 is 1.39 bits per heavy atom. The summed E-state index contributed by atoms with van der Waals surface area (Å²) in [7, 11) is 0. The molecule has 18 heavy (non-hydrogen) atoms. The molecule has 0 aliphatic rings. The van der Waals surface area contributed by atoms with Crippen LogP contribution < -0.4 is 10.5 Å². The zero-order valence-electron chi connectivity index (χ0n) is 11.3. The summed E-state index contributed by atoms with van der Waals surface area (Å²) in [6, 6.07) is 4.10. The van der Waals surface area contributed by atoms with Gasteiger partial charge in [-0.2, -0.15) is 0 Å². The SMILES string of the molecule is C=CCCCCCOc1ccc(CC(C)N)nc1. The van der Waals surface area contributed by atoms with Gasteiger partial charge in [0.1, 0.15) is 5.75 Å². The minimum absolute atomic E-state index is 0.147. The Balaban J connectivity index is 2.20. The number of nitrogens with two attached hydrogens (primary N) is 1. The normalized spacial score (nSPS) is 12.1. The van der Waals surface area contributed by atoms with E-state index in [4.69, 9.17) is 10.5 Å². The van der Waals surface area contributed by atoms with Gasteiger partial charge in [0.05, 0.1) is 12.8 Å². The lowest BCUT2D eigenvalue weighted by Gasteiger charge is -2.07. The van der Waals surface area contributed by atoms with Crippen LogP contribution in [0.4, 0.5) is 0 Å². The molecular weight excluding hydrogens is 224 g/mol. The third-order valence-electron chi connectivity index (χ3n) is 2.65. The summed E-state index contributed by atoms with van der Waals surface area (Å²) in [4.78, 5) is 4.33. The fraction of sp³-hybridized carbons (Fsp3) is 0.533. The van der Waals surface area contributed by atoms with Gasteiger partial charge in [0.25, 0.3) is 0 Å². The second kappa shape index (κ2) is 8.70. The van der Waals surface area contributed by atoms with E-state index in [0.29, 0.717) is 0 Å². The van der Waals surface area contributed by atoms with Gasteiger partial charge in [-0.05, 0) is 44.7 Å². The highest BCUT2D eigenvalue weighted by molar-refractivity contribution is 5.20. The van der Waals surface area contributed by atoms with Crippen molar-refractivity contribution in [1.82, 2.24) is 4.98 Å². The Bertz CT molecular complexity index is 333. The van der Waals surface area contributed by atoms with Crippen molar-refractivity contribution >= 4 is 0 Å². The van der Waals surface area contributed by atoms with E-state index in [1.54, 1.807) is 6.20 Å². The van der Waals surface area contributed by atoms with E-state index in [0.717, 1.165) is 37.3 Å². The second-order valence-corrected chi connectivity index (χ2v) is 4.65. The summed E-state index contributed by atoms with van der Waals surface area (Å²) >= 11 is 0. The fourth-order valence-corrected chi connectivity index (χ4v) is 1.70. The Hall–Kier alpha value is -1.35. The number of hydrogen-bond donors (Lipinski definition) is 1. The molecule has 0 amide bonds. The molecule has 0 aliphatic heterocycles. The molecule has 2 N–H and O–H groups in total. The second-order valence-electron chi connectivity index (χ2n) is 4.65. The third kappa shape index (κ3) is 6.40. The predicted molar refractivity (Wildman–Crippen MR) is 75.8 cm³/mol. The molecule has 0 aromatic carbocycles. The quantitative estimate of drug-likeness (QED) is 0.539. The summed E-state index contributed by atoms with van der Waals surface area (Å²) in [6.45, 7) is 6.44. The zero-order valence-corrected chi connectivity index (χ0v) is 11.3. The van der Waals surface area contributed by atoms with Gasteiger partial charge in [-0.15, -0.1) is 6.58 Å². The Morgan fingerprint density at radius 2 is 2.22 bits per heavy atom. The molecule has 0 spiro atoms. The molecule has 0 saturated heterocycles. The maximum absolute atomic E-state index is 5.72. The zero-order chi connectivity index (χ0) is 13.2. The van der Waals surface area contributed by atoms with Crippen LogP contribution in [0.25, 0.3) is 0 Å². The first-order valence-corrected chi connectivity index (χ1v) is 6.66. The van der Waals surface area contributed by atoms with Gasteiger partial charge in [-0.25, -0.2) is 0 Å². The molecule has 100 valence electrons. The van der Waals surface area contributed by atoms with Gasteiger partial charge in [-0.3, -0.25) is 4.98 Å². The van der Waals surface area contributed by atoms with Crippen LogP contribution >= 0.6 is 0 Å². The Kier molecular flexibility index (Phi) is 7.11. The molecule has 0 aliphatic carbocycles. The molecule has 1 atom stereocenters. The average molecular weight is 248 g/mol. The Morgan fingerprint density at radius 3 is 2.83 bits per heavy atom. The molecule has 1 heterocycles. The van der Waals surface area contributed by atoms with E-state index >= 15 is 0 Å². The standard InChI is InChI=1S/C15H24N2O/c1-3-4-5-6-7-10-18-15-9-8-14(17-12-15)11-13(2)16/h3,8-9,12-13H,1,4-7,10-11,16H2,2H3. The first-order valence-electron chi connectivity index (χ1n) is 6.66. The predicted octanol–water partition coefficient (Wildman–Crippen LogP) is 3.10. The van der Waals surface area contributed by atoms with Crippen LogP contribution in [-0.4, -0.2) is 17.6 Å². The van der Waals surface area contributed by atoms with Crippen molar-refractivity contribution in [3.63, 3.8) is 0 Å². The van der Waals surface area contributed by atoms with Crippen molar-refractivity contribution in [1.29, 1.82) is 0 Å². The smallest absolute Gasteiger partial charge is 0.137 e. The van der Waals surface area contributed by atoms with E-state index in [2.05, 4.69) is 11.6 Å².